The Morgan fingerprint density at radius 3 is 1.89 bits per heavy atom. The predicted molar refractivity (Wildman–Crippen MR) is 150 cm³/mol. The lowest BCUT2D eigenvalue weighted by Gasteiger charge is -2.42. The number of carbonyl (C=O) groups excluding carboxylic acids is 3. The van der Waals surface area contributed by atoms with E-state index in [-0.39, 0.29) is 18.0 Å². The molecule has 1 spiro atoms. The average Bonchev–Trinajstić information content (AvgIpc) is 3.48. The number of amides is 1. The summed E-state index contributed by atoms with van der Waals surface area (Å²) in [6.07, 6.45) is -0.694. The molecule has 3 saturated heterocycles. The maximum absolute atomic E-state index is 13.7. The van der Waals surface area contributed by atoms with Crippen molar-refractivity contribution >= 4 is 23.7 Å². The topological polar surface area (TPSA) is 115 Å². The van der Waals surface area contributed by atoms with Gasteiger partial charge in [0.25, 0.3) is 0 Å². The normalized spacial score (nSPS) is 20.5. The number of hydrogen-bond donors (Lipinski definition) is 1. The quantitative estimate of drug-likeness (QED) is 0.298. The van der Waals surface area contributed by atoms with Crippen LogP contribution in [0.3, 0.4) is 0 Å². The number of aliphatic hydroxyl groups is 1. The molecule has 1 unspecified atom stereocenters. The fourth-order valence-corrected chi connectivity index (χ4v) is 6.29. The molecule has 0 aliphatic carbocycles. The fourth-order valence-electron chi connectivity index (χ4n) is 6.29. The van der Waals surface area contributed by atoms with Crippen LogP contribution in [0.4, 0.5) is 19.3 Å². The van der Waals surface area contributed by atoms with Crippen LogP contribution in [0.2, 0.25) is 0 Å². The summed E-state index contributed by atoms with van der Waals surface area (Å²) in [5.74, 6) is -5.15. The van der Waals surface area contributed by atoms with Gasteiger partial charge in [-0.3, -0.25) is 0 Å². The second-order valence-corrected chi connectivity index (χ2v) is 11.0. The zero-order chi connectivity index (χ0) is 31.1. The lowest BCUT2D eigenvalue weighted by molar-refractivity contribution is -0.197. The van der Waals surface area contributed by atoms with Crippen LogP contribution in [-0.2, 0) is 29.4 Å². The van der Waals surface area contributed by atoms with Gasteiger partial charge in [0.1, 0.15) is 23.0 Å². The molecule has 12 heteroatoms. The molecule has 0 aromatic heterocycles. The van der Waals surface area contributed by atoms with Crippen molar-refractivity contribution in [3.05, 3.63) is 95.6 Å². The highest BCUT2D eigenvalue weighted by Crippen LogP contribution is 2.44. The Labute approximate surface area is 251 Å². The molecule has 10 nitrogen and oxygen atoms in total. The summed E-state index contributed by atoms with van der Waals surface area (Å²) in [6, 6.07) is 17.6. The van der Waals surface area contributed by atoms with Crippen molar-refractivity contribution in [3.8, 4) is 5.75 Å². The number of ether oxygens (including phenoxy) is 4. The molecule has 3 aromatic carbocycles. The number of esters is 2. The number of carbonyl (C=O) groups is 3. The molecule has 0 radical (unpaired) electrons. The molecule has 3 heterocycles. The van der Waals surface area contributed by atoms with Crippen LogP contribution in [0.15, 0.2) is 72.8 Å². The average molecular weight is 609 g/mol. The number of benzene rings is 3. The van der Waals surface area contributed by atoms with Gasteiger partial charge in [0.2, 0.25) is 6.10 Å². The first-order valence-corrected chi connectivity index (χ1v) is 14.2. The van der Waals surface area contributed by atoms with Crippen LogP contribution >= 0.6 is 0 Å². The zero-order valence-corrected chi connectivity index (χ0v) is 23.8. The summed E-state index contributed by atoms with van der Waals surface area (Å²) in [6.45, 7) is 1.49. The summed E-state index contributed by atoms with van der Waals surface area (Å²) >= 11 is 0. The van der Waals surface area contributed by atoms with Gasteiger partial charge in [0.05, 0.1) is 12.8 Å². The molecule has 1 N–H and O–H groups in total. The van der Waals surface area contributed by atoms with E-state index >= 15 is 0 Å². The van der Waals surface area contributed by atoms with Gasteiger partial charge in [-0.05, 0) is 91.5 Å². The molecular formula is C32H30F2N2O8. The monoisotopic (exact) mass is 608 g/mol. The fraction of sp³-hybridized carbons (Fsp3) is 0.344. The molecule has 6 rings (SSSR count). The molecule has 3 aliphatic rings. The molecule has 44 heavy (non-hydrogen) atoms. The molecule has 1 amide bonds. The van der Waals surface area contributed by atoms with Crippen molar-refractivity contribution in [2.45, 2.75) is 36.9 Å². The maximum Gasteiger partial charge on any atom is 0.422 e. The van der Waals surface area contributed by atoms with Crippen LogP contribution < -0.4 is 9.64 Å². The summed E-state index contributed by atoms with van der Waals surface area (Å²) in [5, 5.41) is 12.1. The van der Waals surface area contributed by atoms with Gasteiger partial charge in [0, 0.05) is 13.0 Å². The minimum absolute atomic E-state index is 0.170. The third-order valence-corrected chi connectivity index (χ3v) is 8.57. The van der Waals surface area contributed by atoms with Gasteiger partial charge in [-0.2, -0.15) is 4.90 Å². The van der Waals surface area contributed by atoms with Crippen LogP contribution in [-0.4, -0.2) is 66.8 Å². The minimum atomic E-state index is -2.09. The van der Waals surface area contributed by atoms with E-state index in [1.165, 1.54) is 55.6 Å². The Balaban J connectivity index is 1.17. The first-order chi connectivity index (χ1) is 21.1. The van der Waals surface area contributed by atoms with E-state index in [2.05, 4.69) is 4.90 Å². The number of methoxy groups -OCH3 is 1. The molecule has 3 aliphatic heterocycles. The van der Waals surface area contributed by atoms with Gasteiger partial charge < -0.3 is 29.0 Å². The number of cyclic esters (lactones) is 1. The Kier molecular flexibility index (Phi) is 7.72. The predicted octanol–water partition coefficient (Wildman–Crippen LogP) is 4.09. The Morgan fingerprint density at radius 1 is 0.864 bits per heavy atom. The number of likely N-dealkylation sites (tertiary alicyclic amines) is 1. The second kappa shape index (κ2) is 11.5. The highest BCUT2D eigenvalue weighted by atomic mass is 19.1. The second-order valence-electron chi connectivity index (χ2n) is 11.0. The summed E-state index contributed by atoms with van der Waals surface area (Å²) in [7, 11) is 1.49. The Hall–Kier alpha value is -4.55. The molecular weight excluding hydrogens is 578 g/mol. The van der Waals surface area contributed by atoms with E-state index in [1.54, 1.807) is 24.3 Å². The van der Waals surface area contributed by atoms with Crippen LogP contribution in [0.25, 0.3) is 0 Å². The van der Waals surface area contributed by atoms with E-state index in [0.29, 0.717) is 49.4 Å². The zero-order valence-electron chi connectivity index (χ0n) is 23.8. The first-order valence-electron chi connectivity index (χ1n) is 14.2. The van der Waals surface area contributed by atoms with E-state index in [9.17, 15) is 28.3 Å². The highest BCUT2D eigenvalue weighted by Gasteiger charge is 2.67. The maximum atomic E-state index is 13.7. The van der Waals surface area contributed by atoms with Crippen LogP contribution in [0.1, 0.15) is 30.4 Å². The number of halogens is 2. The number of rotatable bonds is 8. The van der Waals surface area contributed by atoms with E-state index in [4.69, 9.17) is 18.9 Å². The van der Waals surface area contributed by atoms with E-state index < -0.39 is 47.3 Å². The summed E-state index contributed by atoms with van der Waals surface area (Å²) in [5.41, 5.74) is -0.189. The molecule has 0 saturated carbocycles. The number of nitrogens with zero attached hydrogens (tertiary/aromatic N) is 2. The van der Waals surface area contributed by atoms with Gasteiger partial charge in [-0.25, -0.2) is 23.2 Å². The van der Waals surface area contributed by atoms with Crippen molar-refractivity contribution in [1.82, 2.24) is 4.90 Å². The SMILES string of the molecule is COc1ccc(N2C(=O)OC(CCN3CCC(C(O)(c4ccc(F)cc4)c4ccc(F)cc4)CC3)C23OC(=O)C(=O)O3)cc1. The molecule has 1 atom stereocenters. The lowest BCUT2D eigenvalue weighted by Crippen LogP contribution is -2.54. The Bertz CT molecular complexity index is 1480. The summed E-state index contributed by atoms with van der Waals surface area (Å²) < 4.78 is 49.0. The van der Waals surface area contributed by atoms with Crippen LogP contribution in [0, 0.1) is 17.6 Å². The molecule has 3 aromatic rings. The number of piperidine rings is 1. The molecule has 0 bridgehead atoms. The highest BCUT2D eigenvalue weighted by molar-refractivity contribution is 6.31. The van der Waals surface area contributed by atoms with Gasteiger partial charge >= 0.3 is 23.9 Å². The van der Waals surface area contributed by atoms with E-state index in [1.807, 2.05) is 0 Å². The Morgan fingerprint density at radius 2 is 1.39 bits per heavy atom. The number of hydrogen-bond acceptors (Lipinski definition) is 9. The van der Waals surface area contributed by atoms with Crippen molar-refractivity contribution in [1.29, 1.82) is 0 Å². The van der Waals surface area contributed by atoms with E-state index in [0.717, 1.165) is 4.90 Å². The van der Waals surface area contributed by atoms with Crippen molar-refractivity contribution in [2.75, 3.05) is 31.6 Å². The van der Waals surface area contributed by atoms with Crippen molar-refractivity contribution in [3.63, 3.8) is 0 Å². The largest absolute Gasteiger partial charge is 0.497 e. The third kappa shape index (κ3) is 5.13. The van der Waals surface area contributed by atoms with Crippen molar-refractivity contribution in [2.24, 2.45) is 5.92 Å². The lowest BCUT2D eigenvalue weighted by atomic mass is 9.72. The molecule has 3 fully saturated rings. The standard InChI is InChI=1S/C32H30F2N2O8/c1-41-26-12-10-25(11-13-26)36-30(39)42-27(32(36)43-28(37)29(38)44-32)16-19-35-17-14-22(15-18-35)31(40,20-2-6-23(33)7-3-20)21-4-8-24(34)9-5-21/h2-13,22,27,40H,14-19H2,1H3. The summed E-state index contributed by atoms with van der Waals surface area (Å²) in [4.78, 5) is 40.5. The van der Waals surface area contributed by atoms with Crippen molar-refractivity contribution < 1.29 is 47.2 Å². The first kappa shape index (κ1) is 29.5. The van der Waals surface area contributed by atoms with Gasteiger partial charge in [-0.15, -0.1) is 0 Å². The van der Waals surface area contributed by atoms with Crippen LogP contribution in [0.5, 0.6) is 5.75 Å². The van der Waals surface area contributed by atoms with Gasteiger partial charge in [-0.1, -0.05) is 24.3 Å². The third-order valence-electron chi connectivity index (χ3n) is 8.57. The smallest absolute Gasteiger partial charge is 0.422 e. The minimum Gasteiger partial charge on any atom is -0.497 e. The molecule has 230 valence electrons. The number of anilines is 1. The van der Waals surface area contributed by atoms with Gasteiger partial charge in [0.15, 0.2) is 0 Å².